The summed E-state index contributed by atoms with van der Waals surface area (Å²) in [5, 5.41) is 7.55. The summed E-state index contributed by atoms with van der Waals surface area (Å²) in [6.07, 6.45) is 3.57. The van der Waals surface area contributed by atoms with Crippen LogP contribution in [0.3, 0.4) is 0 Å². The smallest absolute Gasteiger partial charge is 0.136 e. The van der Waals surface area contributed by atoms with Crippen molar-refractivity contribution < 1.29 is 4.42 Å². The second-order valence-corrected chi connectivity index (χ2v) is 12.2. The van der Waals surface area contributed by atoms with Gasteiger partial charge in [0, 0.05) is 45.1 Å². The topological polar surface area (TPSA) is 20.8 Å². The van der Waals surface area contributed by atoms with E-state index in [2.05, 4.69) is 117 Å². The van der Waals surface area contributed by atoms with Gasteiger partial charge in [-0.05, 0) is 60.2 Å². The summed E-state index contributed by atoms with van der Waals surface area (Å²) in [6, 6.07) is 24.7. The monoisotopic (exact) mass is 482 g/mol. The summed E-state index contributed by atoms with van der Waals surface area (Å²) in [4.78, 5) is 2.46. The Morgan fingerprint density at radius 2 is 1.57 bits per heavy atom. The Balaban J connectivity index is 1.43. The zero-order valence-electron chi connectivity index (χ0n) is 22.0. The van der Waals surface area contributed by atoms with E-state index in [0.717, 1.165) is 17.6 Å². The first-order chi connectivity index (χ1) is 17.8. The Morgan fingerprint density at radius 3 is 2.38 bits per heavy atom. The van der Waals surface area contributed by atoms with Gasteiger partial charge in [0.2, 0.25) is 0 Å². The molecule has 182 valence electrons. The van der Waals surface area contributed by atoms with E-state index in [1.807, 2.05) is 0 Å². The molecule has 3 heterocycles. The van der Waals surface area contributed by atoms with Gasteiger partial charge in [0.05, 0.1) is 22.6 Å². The molecule has 37 heavy (non-hydrogen) atoms. The molecule has 0 radical (unpaired) electrons. The molecule has 4 aromatic carbocycles. The second-order valence-electron chi connectivity index (χ2n) is 12.2. The Bertz CT molecular complexity index is 2080. The molecule has 1 unspecified atom stereocenters. The summed E-state index contributed by atoms with van der Waals surface area (Å²) in [7, 11) is 2.24. The number of furan rings is 1. The number of hydrogen-bond donors (Lipinski definition) is 0. The Labute approximate surface area is 215 Å². The highest BCUT2D eigenvalue weighted by molar-refractivity contribution is 6.34. The normalized spacial score (nSPS) is 16.2. The maximum atomic E-state index is 6.44. The fraction of sp³-hybridized carbons (Fsp3) is 0.235. The minimum absolute atomic E-state index is 0.312. The number of para-hydroxylation sites is 2. The molecule has 1 atom stereocenters. The van der Waals surface area contributed by atoms with Crippen LogP contribution in [-0.2, 0) is 0 Å². The molecule has 0 bridgehead atoms. The summed E-state index contributed by atoms with van der Waals surface area (Å²) in [6.45, 7) is 9.22. The van der Waals surface area contributed by atoms with Crippen molar-refractivity contribution in [2.45, 2.75) is 40.2 Å². The molecule has 8 rings (SSSR count). The van der Waals surface area contributed by atoms with Gasteiger partial charge in [-0.1, -0.05) is 63.2 Å². The highest BCUT2D eigenvalue weighted by Gasteiger charge is 2.33. The van der Waals surface area contributed by atoms with Gasteiger partial charge >= 0.3 is 0 Å². The van der Waals surface area contributed by atoms with Gasteiger partial charge in [-0.2, -0.15) is 0 Å². The minimum atomic E-state index is 0.312. The van der Waals surface area contributed by atoms with E-state index < -0.39 is 0 Å². The van der Waals surface area contributed by atoms with Crippen molar-refractivity contribution in [3.8, 4) is 0 Å². The summed E-state index contributed by atoms with van der Waals surface area (Å²) >= 11 is 0. The lowest BCUT2D eigenvalue weighted by atomic mass is 9.90. The molecule has 0 fully saturated rings. The third kappa shape index (κ3) is 2.83. The van der Waals surface area contributed by atoms with Gasteiger partial charge in [0.25, 0.3) is 0 Å². The first-order valence-electron chi connectivity index (χ1n) is 13.3. The van der Waals surface area contributed by atoms with Crippen LogP contribution in [0, 0.1) is 12.3 Å². The van der Waals surface area contributed by atoms with Gasteiger partial charge in [-0.15, -0.1) is 0 Å². The average Bonchev–Trinajstić information content (AvgIpc) is 3.24. The van der Waals surface area contributed by atoms with Gasteiger partial charge in [-0.25, -0.2) is 0 Å². The molecular formula is C34H30N2O. The van der Waals surface area contributed by atoms with Crippen LogP contribution in [0.2, 0.25) is 0 Å². The lowest BCUT2D eigenvalue weighted by Crippen LogP contribution is -2.24. The fourth-order valence-electron chi connectivity index (χ4n) is 6.73. The molecule has 1 aliphatic rings. The van der Waals surface area contributed by atoms with Crippen molar-refractivity contribution in [3.63, 3.8) is 0 Å². The molecule has 0 spiro atoms. The van der Waals surface area contributed by atoms with Gasteiger partial charge < -0.3 is 13.7 Å². The molecule has 0 amide bonds. The van der Waals surface area contributed by atoms with Gasteiger partial charge in [-0.3, -0.25) is 0 Å². The third-order valence-electron chi connectivity index (χ3n) is 8.30. The zero-order valence-corrected chi connectivity index (χ0v) is 22.0. The van der Waals surface area contributed by atoms with Crippen LogP contribution in [0.4, 0.5) is 5.69 Å². The Kier molecular flexibility index (Phi) is 3.92. The van der Waals surface area contributed by atoms with Crippen LogP contribution in [0.1, 0.15) is 32.8 Å². The van der Waals surface area contributed by atoms with E-state index in [0.29, 0.717) is 11.5 Å². The Morgan fingerprint density at radius 1 is 0.811 bits per heavy atom. The lowest BCUT2D eigenvalue weighted by Gasteiger charge is -2.25. The summed E-state index contributed by atoms with van der Waals surface area (Å²) in [5.41, 5.74) is 10.2. The largest absolute Gasteiger partial charge is 0.456 e. The van der Waals surface area contributed by atoms with E-state index in [1.54, 1.807) is 5.57 Å². The number of nitrogens with zero attached hydrogens (tertiary/aromatic N) is 2. The first-order valence-corrected chi connectivity index (χ1v) is 13.3. The average molecular weight is 483 g/mol. The van der Waals surface area contributed by atoms with Crippen molar-refractivity contribution in [2.75, 3.05) is 11.9 Å². The summed E-state index contributed by atoms with van der Waals surface area (Å²) < 4.78 is 8.92. The number of rotatable bonds is 3. The quantitative estimate of drug-likeness (QED) is 0.234. The number of likely N-dealkylation sites (N-methyl/N-ethyl adjacent to an activating group) is 1. The predicted molar refractivity (Wildman–Crippen MR) is 157 cm³/mol. The van der Waals surface area contributed by atoms with E-state index in [1.165, 1.54) is 60.1 Å². The second kappa shape index (κ2) is 6.86. The number of aryl methyl sites for hydroxylation is 1. The number of hydrogen-bond acceptors (Lipinski definition) is 2. The molecular weight excluding hydrogens is 452 g/mol. The van der Waals surface area contributed by atoms with Crippen LogP contribution >= 0.6 is 0 Å². The number of benzene rings is 4. The van der Waals surface area contributed by atoms with Crippen molar-refractivity contribution in [3.05, 3.63) is 83.9 Å². The molecule has 3 nitrogen and oxygen atoms in total. The van der Waals surface area contributed by atoms with E-state index >= 15 is 0 Å². The number of aromatic nitrogens is 1. The standard InChI is InChI=1S/C34H30N2O/c1-19-14-28-23(16-26(19)35(5)27-15-20(27)18-34(2,3)4)24-17-30-31(22-11-7-9-13-29(22)37-30)32-21-10-6-8-12-25(21)36(28)33(24)32/h6-17,27H,18H2,1-5H3. The van der Waals surface area contributed by atoms with Crippen LogP contribution in [0.25, 0.3) is 60.0 Å². The molecule has 0 saturated heterocycles. The van der Waals surface area contributed by atoms with E-state index in [4.69, 9.17) is 4.42 Å². The molecule has 1 aliphatic carbocycles. The van der Waals surface area contributed by atoms with Crippen molar-refractivity contribution in [2.24, 2.45) is 5.41 Å². The van der Waals surface area contributed by atoms with Crippen LogP contribution in [0.15, 0.2) is 82.8 Å². The maximum absolute atomic E-state index is 6.44. The predicted octanol–water partition coefficient (Wildman–Crippen LogP) is 9.23. The molecule has 3 aromatic heterocycles. The van der Waals surface area contributed by atoms with Crippen LogP contribution < -0.4 is 4.90 Å². The third-order valence-corrected chi connectivity index (χ3v) is 8.30. The van der Waals surface area contributed by atoms with Crippen LogP contribution in [-0.4, -0.2) is 17.5 Å². The molecule has 7 aromatic rings. The number of anilines is 1. The van der Waals surface area contributed by atoms with Crippen molar-refractivity contribution in [1.82, 2.24) is 4.40 Å². The minimum Gasteiger partial charge on any atom is -0.456 e. The Hall–Kier alpha value is -3.98. The van der Waals surface area contributed by atoms with E-state index in [-0.39, 0.29) is 0 Å². The maximum Gasteiger partial charge on any atom is 0.136 e. The molecule has 0 N–H and O–H groups in total. The zero-order chi connectivity index (χ0) is 25.2. The molecule has 3 heteroatoms. The molecule has 0 saturated carbocycles. The van der Waals surface area contributed by atoms with Crippen LogP contribution in [0.5, 0.6) is 0 Å². The SMILES string of the molecule is Cc1cc2c(cc1N(C)C1C=C1CC(C)(C)C)c1cc3oc4ccccc4c3c3c4ccccc4n2c13. The van der Waals surface area contributed by atoms with E-state index in [9.17, 15) is 0 Å². The number of fused-ring (bicyclic) bond motifs is 10. The highest BCUT2D eigenvalue weighted by atomic mass is 16.3. The van der Waals surface area contributed by atoms with Gasteiger partial charge in [0.15, 0.2) is 0 Å². The fourth-order valence-corrected chi connectivity index (χ4v) is 6.73. The van der Waals surface area contributed by atoms with Gasteiger partial charge in [0.1, 0.15) is 11.2 Å². The summed E-state index contributed by atoms with van der Waals surface area (Å²) in [5.74, 6) is 0. The highest BCUT2D eigenvalue weighted by Crippen LogP contribution is 2.47. The van der Waals surface area contributed by atoms with Crippen molar-refractivity contribution >= 4 is 65.7 Å². The lowest BCUT2D eigenvalue weighted by molar-refractivity contribution is 0.411. The van der Waals surface area contributed by atoms with Crippen molar-refractivity contribution in [1.29, 1.82) is 0 Å². The first kappa shape index (κ1) is 21.1. The molecule has 0 aliphatic heterocycles.